The molecule has 4 nitrogen and oxygen atoms in total. The minimum Gasteiger partial charge on any atom is -0.465 e. The minimum absolute atomic E-state index is 0.109. The van der Waals surface area contributed by atoms with Crippen LogP contribution in [-0.4, -0.2) is 25.2 Å². The van der Waals surface area contributed by atoms with Crippen LogP contribution in [0.5, 0.6) is 0 Å². The SMILES string of the molecule is CCCCC(CC)COC(=O)C1CCCC(C(=O)OCC(CC)CCCC)C1. The molecule has 1 aliphatic carbocycles. The van der Waals surface area contributed by atoms with Crippen molar-refractivity contribution in [2.75, 3.05) is 13.2 Å². The third-order valence-electron chi connectivity index (χ3n) is 6.35. The summed E-state index contributed by atoms with van der Waals surface area (Å²) in [7, 11) is 0. The van der Waals surface area contributed by atoms with Crippen molar-refractivity contribution in [3.63, 3.8) is 0 Å². The quantitative estimate of drug-likeness (QED) is 0.323. The summed E-state index contributed by atoms with van der Waals surface area (Å²) in [5, 5.41) is 0. The molecule has 164 valence electrons. The molecule has 0 spiro atoms. The Morgan fingerprint density at radius 3 is 1.57 bits per heavy atom. The van der Waals surface area contributed by atoms with Crippen LogP contribution >= 0.6 is 0 Å². The van der Waals surface area contributed by atoms with Gasteiger partial charge in [-0.2, -0.15) is 0 Å². The van der Waals surface area contributed by atoms with Crippen LogP contribution in [0, 0.1) is 23.7 Å². The summed E-state index contributed by atoms with van der Waals surface area (Å²) in [5.41, 5.74) is 0. The van der Waals surface area contributed by atoms with E-state index in [-0.39, 0.29) is 23.8 Å². The Morgan fingerprint density at radius 2 is 1.21 bits per heavy atom. The van der Waals surface area contributed by atoms with E-state index in [4.69, 9.17) is 9.47 Å². The highest BCUT2D eigenvalue weighted by Gasteiger charge is 2.33. The smallest absolute Gasteiger partial charge is 0.308 e. The first-order chi connectivity index (χ1) is 13.5. The van der Waals surface area contributed by atoms with Crippen LogP contribution in [0.4, 0.5) is 0 Å². The van der Waals surface area contributed by atoms with E-state index < -0.39 is 0 Å². The van der Waals surface area contributed by atoms with E-state index in [0.29, 0.717) is 31.5 Å². The van der Waals surface area contributed by atoms with E-state index >= 15 is 0 Å². The van der Waals surface area contributed by atoms with E-state index in [2.05, 4.69) is 27.7 Å². The Balaban J connectivity index is 2.40. The van der Waals surface area contributed by atoms with Crippen LogP contribution in [-0.2, 0) is 19.1 Å². The van der Waals surface area contributed by atoms with E-state index in [1.807, 2.05) is 0 Å². The van der Waals surface area contributed by atoms with Gasteiger partial charge in [-0.25, -0.2) is 0 Å². The van der Waals surface area contributed by atoms with E-state index in [0.717, 1.165) is 44.9 Å². The van der Waals surface area contributed by atoms with Crippen LogP contribution < -0.4 is 0 Å². The Kier molecular flexibility index (Phi) is 13.3. The van der Waals surface area contributed by atoms with E-state index in [1.54, 1.807) is 0 Å². The third-order valence-corrected chi connectivity index (χ3v) is 6.35. The molecule has 1 fully saturated rings. The second-order valence-corrected chi connectivity index (χ2v) is 8.65. The van der Waals surface area contributed by atoms with Crippen LogP contribution in [0.15, 0.2) is 0 Å². The van der Waals surface area contributed by atoms with Crippen LogP contribution in [0.2, 0.25) is 0 Å². The standard InChI is InChI=1S/C24H44O4/c1-5-9-12-19(7-3)17-27-23(25)21-14-11-15-22(16-21)24(26)28-18-20(8-4)13-10-6-2/h19-22H,5-18H2,1-4H3. The molecule has 0 N–H and O–H groups in total. The van der Waals surface area contributed by atoms with Gasteiger partial charge >= 0.3 is 11.9 Å². The lowest BCUT2D eigenvalue weighted by molar-refractivity contribution is -0.156. The van der Waals surface area contributed by atoms with Crippen molar-refractivity contribution >= 4 is 11.9 Å². The maximum atomic E-state index is 12.5. The minimum atomic E-state index is -0.142. The number of carbonyl (C=O) groups excluding carboxylic acids is 2. The number of ether oxygens (including phenoxy) is 2. The van der Waals surface area contributed by atoms with Crippen molar-refractivity contribution in [3.05, 3.63) is 0 Å². The molecule has 0 radical (unpaired) electrons. The average Bonchev–Trinajstić information content (AvgIpc) is 2.73. The van der Waals surface area contributed by atoms with Gasteiger partial charge in [-0.15, -0.1) is 0 Å². The molecular formula is C24H44O4. The van der Waals surface area contributed by atoms with Crippen LogP contribution in [0.25, 0.3) is 0 Å². The first kappa shape index (κ1) is 25.0. The molecular weight excluding hydrogens is 352 g/mol. The first-order valence-electron chi connectivity index (χ1n) is 11.9. The third kappa shape index (κ3) is 9.43. The number of rotatable bonds is 14. The van der Waals surface area contributed by atoms with Gasteiger partial charge in [0, 0.05) is 0 Å². The molecule has 1 rings (SSSR count). The first-order valence-corrected chi connectivity index (χ1v) is 11.9. The van der Waals surface area contributed by atoms with Crippen LogP contribution in [0.3, 0.4) is 0 Å². The Morgan fingerprint density at radius 1 is 0.786 bits per heavy atom. The van der Waals surface area contributed by atoms with Gasteiger partial charge in [0.2, 0.25) is 0 Å². The molecule has 0 aromatic rings. The summed E-state index contributed by atoms with van der Waals surface area (Å²) in [6.45, 7) is 9.74. The molecule has 0 heterocycles. The second kappa shape index (κ2) is 14.9. The maximum Gasteiger partial charge on any atom is 0.308 e. The van der Waals surface area contributed by atoms with Crippen molar-refractivity contribution in [1.29, 1.82) is 0 Å². The second-order valence-electron chi connectivity index (χ2n) is 8.65. The molecule has 4 heteroatoms. The summed E-state index contributed by atoms with van der Waals surface area (Å²) in [4.78, 5) is 25.0. The summed E-state index contributed by atoms with van der Waals surface area (Å²) < 4.78 is 11.3. The van der Waals surface area contributed by atoms with E-state index in [1.165, 1.54) is 25.7 Å². The van der Waals surface area contributed by atoms with Crippen LogP contribution in [0.1, 0.15) is 105 Å². The Labute approximate surface area is 173 Å². The molecule has 0 amide bonds. The summed E-state index contributed by atoms with van der Waals surface area (Å²) in [6.07, 6.45) is 12.2. The predicted octanol–water partition coefficient (Wildman–Crippen LogP) is 6.31. The molecule has 1 aliphatic rings. The summed E-state index contributed by atoms with van der Waals surface area (Å²) >= 11 is 0. The maximum absolute atomic E-state index is 12.5. The Hall–Kier alpha value is -1.06. The highest BCUT2D eigenvalue weighted by Crippen LogP contribution is 2.31. The van der Waals surface area contributed by atoms with Crippen molar-refractivity contribution in [2.24, 2.45) is 23.7 Å². The molecule has 0 aromatic carbocycles. The van der Waals surface area contributed by atoms with Gasteiger partial charge in [0.15, 0.2) is 0 Å². The van der Waals surface area contributed by atoms with Gasteiger partial charge in [-0.3, -0.25) is 9.59 Å². The number of unbranched alkanes of at least 4 members (excludes halogenated alkanes) is 2. The fourth-order valence-corrected chi connectivity index (χ4v) is 4.05. The van der Waals surface area contributed by atoms with Crippen molar-refractivity contribution in [2.45, 2.75) is 105 Å². The van der Waals surface area contributed by atoms with Crippen molar-refractivity contribution < 1.29 is 19.1 Å². The van der Waals surface area contributed by atoms with Crippen molar-refractivity contribution in [1.82, 2.24) is 0 Å². The van der Waals surface area contributed by atoms with Gasteiger partial charge in [-0.1, -0.05) is 72.6 Å². The lowest BCUT2D eigenvalue weighted by atomic mass is 9.81. The molecule has 4 atom stereocenters. The number of esters is 2. The summed E-state index contributed by atoms with van der Waals surface area (Å²) in [6, 6.07) is 0. The lowest BCUT2D eigenvalue weighted by Gasteiger charge is -2.27. The predicted molar refractivity (Wildman–Crippen MR) is 114 cm³/mol. The normalized spacial score (nSPS) is 21.7. The zero-order valence-corrected chi connectivity index (χ0v) is 18.8. The van der Waals surface area contributed by atoms with E-state index in [9.17, 15) is 9.59 Å². The van der Waals surface area contributed by atoms with Gasteiger partial charge < -0.3 is 9.47 Å². The Bertz CT molecular complexity index is 396. The highest BCUT2D eigenvalue weighted by molar-refractivity contribution is 5.76. The molecule has 0 aromatic heterocycles. The van der Waals surface area contributed by atoms with Gasteiger partial charge in [-0.05, 0) is 43.9 Å². The molecule has 0 aliphatic heterocycles. The fourth-order valence-electron chi connectivity index (χ4n) is 4.05. The molecule has 28 heavy (non-hydrogen) atoms. The largest absolute Gasteiger partial charge is 0.465 e. The highest BCUT2D eigenvalue weighted by atomic mass is 16.5. The molecule has 1 saturated carbocycles. The molecule has 0 bridgehead atoms. The zero-order chi connectivity index (χ0) is 20.8. The zero-order valence-electron chi connectivity index (χ0n) is 18.8. The van der Waals surface area contributed by atoms with Gasteiger partial charge in [0.05, 0.1) is 25.0 Å². The van der Waals surface area contributed by atoms with Crippen molar-refractivity contribution in [3.8, 4) is 0 Å². The number of carbonyl (C=O) groups is 2. The number of hydrogen-bond donors (Lipinski definition) is 0. The number of hydrogen-bond acceptors (Lipinski definition) is 4. The topological polar surface area (TPSA) is 52.6 Å². The average molecular weight is 397 g/mol. The van der Waals surface area contributed by atoms with Gasteiger partial charge in [0.25, 0.3) is 0 Å². The molecule has 0 saturated heterocycles. The fraction of sp³-hybridized carbons (Fsp3) is 0.917. The lowest BCUT2D eigenvalue weighted by Crippen LogP contribution is -2.31. The summed E-state index contributed by atoms with van der Waals surface area (Å²) in [5.74, 6) is 0.419. The molecule has 4 unspecified atom stereocenters. The van der Waals surface area contributed by atoms with Gasteiger partial charge in [0.1, 0.15) is 0 Å². The monoisotopic (exact) mass is 396 g/mol.